The Balaban J connectivity index is 0.00000169. The molecule has 0 spiro atoms. The van der Waals surface area contributed by atoms with Crippen LogP contribution in [-0.2, 0) is 10.0 Å². The first-order valence-corrected chi connectivity index (χ1v) is 4.64. The first-order valence-electron chi connectivity index (χ1n) is 3.20. The Bertz CT molecular complexity index is 405. The Morgan fingerprint density at radius 1 is 1.21 bits per heavy atom. The number of nitrogens with zero attached hydrogens (tertiary/aromatic N) is 2. The van der Waals surface area contributed by atoms with E-state index in [1.54, 1.807) is 6.07 Å². The third-order valence-electron chi connectivity index (χ3n) is 1.22. The van der Waals surface area contributed by atoms with Crippen molar-refractivity contribution in [3.63, 3.8) is 0 Å². The summed E-state index contributed by atoms with van der Waals surface area (Å²) in [6, 6.07) is 7.00. The molecular weight excluding hydrogens is 235 g/mol. The van der Waals surface area contributed by atoms with Gasteiger partial charge in [0.25, 0.3) is 0 Å². The second-order valence-electron chi connectivity index (χ2n) is 2.11. The molecule has 0 fully saturated rings. The van der Waals surface area contributed by atoms with Crippen molar-refractivity contribution in [1.29, 1.82) is 0 Å². The number of benzene rings is 1. The monoisotopic (exact) mass is 240 g/mol. The molecule has 70 valence electrons. The van der Waals surface area contributed by atoms with Crippen LogP contribution in [-0.4, -0.2) is 13.5 Å². The zero-order valence-corrected chi connectivity index (χ0v) is 11.3. The van der Waals surface area contributed by atoms with E-state index in [4.69, 9.17) is 0 Å². The summed E-state index contributed by atoms with van der Waals surface area (Å²) in [6.45, 7) is 0. The predicted molar refractivity (Wildman–Crippen MR) is 44.0 cm³/mol. The first-order chi connectivity index (χ1) is 6.02. The van der Waals surface area contributed by atoms with Gasteiger partial charge in [-0.05, 0) is 17.2 Å². The summed E-state index contributed by atoms with van der Waals surface area (Å²) in [6.07, 6.45) is 0. The molecule has 0 amide bonds. The quantitative estimate of drug-likeness (QED) is 0.345. The summed E-state index contributed by atoms with van der Waals surface area (Å²) in [5.41, 5.74) is 0. The van der Waals surface area contributed by atoms with E-state index in [0.29, 0.717) is 0 Å². The van der Waals surface area contributed by atoms with E-state index in [1.807, 2.05) is 0 Å². The minimum absolute atomic E-state index is 0. The van der Waals surface area contributed by atoms with E-state index in [-0.39, 0.29) is 56.3 Å². The Hall–Kier alpha value is 0.00636. The van der Waals surface area contributed by atoms with Gasteiger partial charge in [-0.1, -0.05) is 18.2 Å². The second kappa shape index (κ2) is 5.78. The summed E-state index contributed by atoms with van der Waals surface area (Å²) >= 11 is 0. The van der Waals surface area contributed by atoms with Gasteiger partial charge in [0.15, 0.2) is 10.0 Å². The van der Waals surface area contributed by atoms with Crippen molar-refractivity contribution in [3.8, 4) is 0 Å². The van der Waals surface area contributed by atoms with E-state index < -0.39 is 15.1 Å². The van der Waals surface area contributed by atoms with Crippen molar-refractivity contribution < 1.29 is 64.8 Å². The normalized spacial score (nSPS) is 10.0. The maximum Gasteiger partial charge on any atom is 1.00 e. The van der Waals surface area contributed by atoms with Crippen LogP contribution in [0.15, 0.2) is 35.2 Å². The molecule has 8 heteroatoms. The zero-order valence-electron chi connectivity index (χ0n) is 7.32. The molecule has 0 aliphatic heterocycles. The fourth-order valence-electron chi connectivity index (χ4n) is 0.727. The number of hydrogen-bond acceptors (Lipinski definition) is 4. The number of sulfonamides is 1. The smallest absolute Gasteiger partial charge is 0.268 e. The van der Waals surface area contributed by atoms with Gasteiger partial charge in [0.2, 0.25) is 0 Å². The van der Waals surface area contributed by atoms with Crippen molar-refractivity contribution in [2.75, 3.05) is 0 Å². The van der Waals surface area contributed by atoms with Crippen LogP contribution in [0.1, 0.15) is 0 Å². The summed E-state index contributed by atoms with van der Waals surface area (Å²) < 4.78 is 22.1. The molecule has 1 aromatic rings. The molecule has 0 N–H and O–H groups in total. The SMILES string of the molecule is O=[N+]([O-])[N-]S(=O)(=O)c1ccccc1.[K+]. The van der Waals surface area contributed by atoms with Gasteiger partial charge >= 0.3 is 51.4 Å². The Morgan fingerprint density at radius 2 is 1.71 bits per heavy atom. The van der Waals surface area contributed by atoms with Crippen LogP contribution in [0.2, 0.25) is 0 Å². The van der Waals surface area contributed by atoms with Crippen LogP contribution in [0.25, 0.3) is 4.83 Å². The first kappa shape index (κ1) is 14.0. The maximum absolute atomic E-state index is 11.0. The average molecular weight is 240 g/mol. The molecule has 6 nitrogen and oxygen atoms in total. The molecular formula is C6H5KN2O4S. The van der Waals surface area contributed by atoms with Crippen LogP contribution in [0.3, 0.4) is 0 Å². The molecule has 0 unspecified atom stereocenters. The summed E-state index contributed by atoms with van der Waals surface area (Å²) in [7, 11) is -4.13. The van der Waals surface area contributed by atoms with Gasteiger partial charge in [0.1, 0.15) is 0 Å². The summed E-state index contributed by atoms with van der Waals surface area (Å²) in [4.78, 5) is 12.0. The third kappa shape index (κ3) is 4.03. The van der Waals surface area contributed by atoms with E-state index in [0.717, 1.165) is 0 Å². The van der Waals surface area contributed by atoms with Gasteiger partial charge in [-0.25, -0.2) is 8.42 Å². The van der Waals surface area contributed by atoms with E-state index in [1.165, 1.54) is 24.3 Å². The maximum atomic E-state index is 11.0. The molecule has 0 radical (unpaired) electrons. The molecule has 0 aliphatic carbocycles. The molecule has 1 aromatic carbocycles. The molecule has 0 aromatic heterocycles. The van der Waals surface area contributed by atoms with Crippen LogP contribution in [0.4, 0.5) is 0 Å². The molecule has 0 aliphatic rings. The zero-order chi connectivity index (χ0) is 9.90. The van der Waals surface area contributed by atoms with Gasteiger partial charge in [-0.15, -0.1) is 0 Å². The summed E-state index contributed by atoms with van der Waals surface area (Å²) in [5.74, 6) is 0. The van der Waals surface area contributed by atoms with Gasteiger partial charge in [0.05, 0.1) is 4.90 Å². The standard InChI is InChI=1S/C6H5N2O4S.K/c9-8(10)7-13(11,12)6-4-2-1-3-5-6;/h1-5H;/q-1;+1. The van der Waals surface area contributed by atoms with Gasteiger partial charge in [0, 0.05) is 0 Å². The number of hydrogen-bond donors (Lipinski definition) is 0. The molecule has 0 atom stereocenters. The Labute approximate surface area is 123 Å². The Morgan fingerprint density at radius 3 is 2.14 bits per heavy atom. The average Bonchev–Trinajstić information content (AvgIpc) is 2.04. The van der Waals surface area contributed by atoms with Crippen LogP contribution in [0, 0.1) is 10.1 Å². The van der Waals surface area contributed by atoms with Crippen LogP contribution < -0.4 is 51.4 Å². The fourth-order valence-corrected chi connectivity index (χ4v) is 1.50. The fraction of sp³-hybridized carbons (Fsp3) is 0. The predicted octanol–water partition coefficient (Wildman–Crippen LogP) is -2.06. The summed E-state index contributed by atoms with van der Waals surface area (Å²) in [5, 5.41) is 8.61. The molecule has 0 saturated carbocycles. The van der Waals surface area contributed by atoms with Crippen molar-refractivity contribution >= 4 is 10.0 Å². The minimum Gasteiger partial charge on any atom is -0.268 e. The van der Waals surface area contributed by atoms with Gasteiger partial charge < -0.3 is 0 Å². The topological polar surface area (TPSA) is 91.4 Å². The van der Waals surface area contributed by atoms with E-state index in [9.17, 15) is 18.5 Å². The van der Waals surface area contributed by atoms with E-state index in [2.05, 4.69) is 4.83 Å². The van der Waals surface area contributed by atoms with E-state index >= 15 is 0 Å². The number of rotatable bonds is 3. The Kier molecular flexibility index (Phi) is 5.79. The molecule has 0 heterocycles. The molecule has 14 heavy (non-hydrogen) atoms. The molecule has 1 rings (SSSR count). The third-order valence-corrected chi connectivity index (χ3v) is 2.43. The van der Waals surface area contributed by atoms with Crippen molar-refractivity contribution in [2.45, 2.75) is 4.90 Å². The van der Waals surface area contributed by atoms with Crippen molar-refractivity contribution in [2.24, 2.45) is 0 Å². The van der Waals surface area contributed by atoms with Gasteiger partial charge in [-0.2, -0.15) is 0 Å². The van der Waals surface area contributed by atoms with Gasteiger partial charge in [-0.3, -0.25) is 14.9 Å². The van der Waals surface area contributed by atoms with Crippen molar-refractivity contribution in [1.82, 2.24) is 0 Å². The molecule has 0 bridgehead atoms. The van der Waals surface area contributed by atoms with Crippen molar-refractivity contribution in [3.05, 3.63) is 45.3 Å². The second-order valence-corrected chi connectivity index (χ2v) is 3.69. The van der Waals surface area contributed by atoms with Crippen LogP contribution in [0.5, 0.6) is 0 Å². The van der Waals surface area contributed by atoms with Crippen LogP contribution >= 0.6 is 0 Å². The number of nitro groups is 1. The molecule has 0 saturated heterocycles. The largest absolute Gasteiger partial charge is 1.00 e. The minimum atomic E-state index is -4.13.